The number of aryl methyl sites for hydroxylation is 1. The van der Waals surface area contributed by atoms with Gasteiger partial charge in [-0.25, -0.2) is 4.39 Å². The first kappa shape index (κ1) is 10.8. The van der Waals surface area contributed by atoms with Crippen LogP contribution in [0, 0.1) is 12.7 Å². The summed E-state index contributed by atoms with van der Waals surface area (Å²) in [7, 11) is 0. The second-order valence-corrected chi connectivity index (χ2v) is 4.27. The van der Waals surface area contributed by atoms with E-state index in [0.29, 0.717) is 5.69 Å². The molecule has 0 aliphatic rings. The third kappa shape index (κ3) is 2.25. The fraction of sp³-hybridized carbons (Fsp3) is 0.0909. The molecule has 0 atom stereocenters. The van der Waals surface area contributed by atoms with E-state index in [1.165, 1.54) is 23.7 Å². The molecule has 0 radical (unpaired) electrons. The van der Waals surface area contributed by atoms with Crippen molar-refractivity contribution < 1.29 is 9.18 Å². The molecule has 0 bridgehead atoms. The Balaban J connectivity index is 2.17. The standard InChI is InChI=1S/C11H9FN2OS/c1-7-6-10(14-16-7)11(15)13-9-5-3-2-4-8(9)12/h2-6H,1H3,(H,13,15). The van der Waals surface area contributed by atoms with E-state index >= 15 is 0 Å². The molecule has 0 spiro atoms. The molecule has 1 aromatic carbocycles. The van der Waals surface area contributed by atoms with E-state index in [0.717, 1.165) is 4.88 Å². The Kier molecular flexibility index (Phi) is 2.96. The molecule has 2 rings (SSSR count). The van der Waals surface area contributed by atoms with Crippen LogP contribution in [0.25, 0.3) is 0 Å². The molecule has 5 heteroatoms. The van der Waals surface area contributed by atoms with Crippen LogP contribution in [0.2, 0.25) is 0 Å². The number of hydrogen-bond donors (Lipinski definition) is 1. The fourth-order valence-electron chi connectivity index (χ4n) is 1.22. The summed E-state index contributed by atoms with van der Waals surface area (Å²) in [5.41, 5.74) is 0.476. The van der Waals surface area contributed by atoms with Gasteiger partial charge < -0.3 is 5.32 Å². The number of para-hydroxylation sites is 1. The molecule has 0 saturated carbocycles. The molecule has 0 saturated heterocycles. The highest BCUT2D eigenvalue weighted by molar-refractivity contribution is 7.05. The average molecular weight is 236 g/mol. The van der Waals surface area contributed by atoms with E-state index < -0.39 is 11.7 Å². The predicted molar refractivity (Wildman–Crippen MR) is 61.2 cm³/mol. The maximum Gasteiger partial charge on any atom is 0.275 e. The maximum absolute atomic E-state index is 13.2. The zero-order valence-corrected chi connectivity index (χ0v) is 9.34. The monoisotopic (exact) mass is 236 g/mol. The van der Waals surface area contributed by atoms with Crippen molar-refractivity contribution in [1.29, 1.82) is 0 Å². The Morgan fingerprint density at radius 1 is 1.44 bits per heavy atom. The van der Waals surface area contributed by atoms with Crippen molar-refractivity contribution in [2.45, 2.75) is 6.92 Å². The number of nitrogens with zero attached hydrogens (tertiary/aromatic N) is 1. The van der Waals surface area contributed by atoms with Gasteiger partial charge in [0.15, 0.2) is 0 Å². The molecule has 1 heterocycles. The Morgan fingerprint density at radius 3 is 2.81 bits per heavy atom. The highest BCUT2D eigenvalue weighted by atomic mass is 32.1. The first-order chi connectivity index (χ1) is 7.66. The minimum Gasteiger partial charge on any atom is -0.318 e. The van der Waals surface area contributed by atoms with Crippen LogP contribution in [0.1, 0.15) is 15.4 Å². The van der Waals surface area contributed by atoms with Gasteiger partial charge in [0, 0.05) is 4.88 Å². The molecule has 1 aromatic heterocycles. The average Bonchev–Trinajstić information content (AvgIpc) is 2.68. The Bertz CT molecular complexity index is 524. The predicted octanol–water partition coefficient (Wildman–Crippen LogP) is 2.84. The lowest BCUT2D eigenvalue weighted by atomic mass is 10.3. The van der Waals surface area contributed by atoms with Crippen LogP contribution in [-0.4, -0.2) is 10.3 Å². The smallest absolute Gasteiger partial charge is 0.275 e. The number of carbonyl (C=O) groups is 1. The van der Waals surface area contributed by atoms with Crippen LogP contribution in [0.3, 0.4) is 0 Å². The molecule has 1 N–H and O–H groups in total. The van der Waals surface area contributed by atoms with Crippen molar-refractivity contribution >= 4 is 23.1 Å². The summed E-state index contributed by atoms with van der Waals surface area (Å²) in [5, 5.41) is 2.47. The SMILES string of the molecule is Cc1cc(C(=O)Nc2ccccc2F)ns1. The van der Waals surface area contributed by atoms with Crippen LogP contribution in [0.5, 0.6) is 0 Å². The maximum atomic E-state index is 13.2. The van der Waals surface area contributed by atoms with Gasteiger partial charge in [-0.2, -0.15) is 4.37 Å². The second kappa shape index (κ2) is 4.40. The Morgan fingerprint density at radius 2 is 2.19 bits per heavy atom. The van der Waals surface area contributed by atoms with Crippen LogP contribution >= 0.6 is 11.5 Å². The minimum absolute atomic E-state index is 0.165. The minimum atomic E-state index is -0.456. The first-order valence-electron chi connectivity index (χ1n) is 4.66. The summed E-state index contributed by atoms with van der Waals surface area (Å²) in [6.45, 7) is 1.86. The van der Waals surface area contributed by atoms with Gasteiger partial charge in [0.1, 0.15) is 11.5 Å². The first-order valence-corrected chi connectivity index (χ1v) is 5.43. The van der Waals surface area contributed by atoms with E-state index in [4.69, 9.17) is 0 Å². The summed E-state index contributed by atoms with van der Waals surface area (Å²) in [5.74, 6) is -0.850. The van der Waals surface area contributed by atoms with Gasteiger partial charge in [0.25, 0.3) is 5.91 Å². The van der Waals surface area contributed by atoms with Gasteiger partial charge in [0.05, 0.1) is 5.69 Å². The highest BCUT2D eigenvalue weighted by Crippen LogP contribution is 2.15. The summed E-state index contributed by atoms with van der Waals surface area (Å²) in [6.07, 6.45) is 0. The fourth-order valence-corrected chi connectivity index (χ4v) is 1.76. The molecule has 82 valence electrons. The van der Waals surface area contributed by atoms with Gasteiger partial charge >= 0.3 is 0 Å². The van der Waals surface area contributed by atoms with Crippen molar-refractivity contribution in [3.8, 4) is 0 Å². The molecule has 0 unspecified atom stereocenters. The molecule has 0 aliphatic heterocycles. The van der Waals surface area contributed by atoms with Crippen LogP contribution in [0.4, 0.5) is 10.1 Å². The van der Waals surface area contributed by atoms with Crippen molar-refractivity contribution in [3.05, 3.63) is 46.7 Å². The highest BCUT2D eigenvalue weighted by Gasteiger charge is 2.11. The quantitative estimate of drug-likeness (QED) is 0.871. The number of amides is 1. The number of aromatic nitrogens is 1. The number of hydrogen-bond acceptors (Lipinski definition) is 3. The van der Waals surface area contributed by atoms with Gasteiger partial charge in [0.2, 0.25) is 0 Å². The zero-order chi connectivity index (χ0) is 11.5. The number of carbonyl (C=O) groups excluding carboxylic acids is 1. The summed E-state index contributed by atoms with van der Waals surface area (Å²) < 4.78 is 17.2. The third-order valence-electron chi connectivity index (χ3n) is 1.98. The number of rotatable bonds is 2. The van der Waals surface area contributed by atoms with Crippen LogP contribution < -0.4 is 5.32 Å². The van der Waals surface area contributed by atoms with E-state index in [-0.39, 0.29) is 5.69 Å². The Hall–Kier alpha value is -1.75. The van der Waals surface area contributed by atoms with Crippen LogP contribution in [-0.2, 0) is 0 Å². The van der Waals surface area contributed by atoms with Crippen molar-refractivity contribution in [2.75, 3.05) is 5.32 Å². The summed E-state index contributed by atoms with van der Waals surface area (Å²) in [6, 6.07) is 7.69. The number of halogens is 1. The van der Waals surface area contributed by atoms with Gasteiger partial charge in [-0.15, -0.1) is 0 Å². The number of nitrogens with one attached hydrogen (secondary N) is 1. The molecule has 16 heavy (non-hydrogen) atoms. The summed E-state index contributed by atoms with van der Waals surface area (Å²) in [4.78, 5) is 12.6. The Labute approximate surface area is 96.1 Å². The third-order valence-corrected chi connectivity index (χ3v) is 2.68. The van der Waals surface area contributed by atoms with E-state index in [2.05, 4.69) is 9.69 Å². The van der Waals surface area contributed by atoms with Crippen LogP contribution in [0.15, 0.2) is 30.3 Å². The summed E-state index contributed by atoms with van der Waals surface area (Å²) >= 11 is 1.24. The molecule has 0 fully saturated rings. The molecular formula is C11H9FN2OS. The molecule has 1 amide bonds. The molecule has 3 nitrogen and oxygen atoms in total. The topological polar surface area (TPSA) is 42.0 Å². The van der Waals surface area contributed by atoms with E-state index in [9.17, 15) is 9.18 Å². The second-order valence-electron chi connectivity index (χ2n) is 3.26. The number of anilines is 1. The van der Waals surface area contributed by atoms with Gasteiger partial charge in [-0.05, 0) is 36.7 Å². The van der Waals surface area contributed by atoms with Gasteiger partial charge in [-0.1, -0.05) is 12.1 Å². The molecule has 0 aliphatic carbocycles. The molecular weight excluding hydrogens is 227 g/mol. The lowest BCUT2D eigenvalue weighted by Gasteiger charge is -2.03. The van der Waals surface area contributed by atoms with Gasteiger partial charge in [-0.3, -0.25) is 4.79 Å². The van der Waals surface area contributed by atoms with E-state index in [1.807, 2.05) is 6.92 Å². The van der Waals surface area contributed by atoms with Crippen molar-refractivity contribution in [3.63, 3.8) is 0 Å². The van der Waals surface area contributed by atoms with E-state index in [1.54, 1.807) is 18.2 Å². The molecule has 2 aromatic rings. The normalized spacial score (nSPS) is 10.1. The zero-order valence-electron chi connectivity index (χ0n) is 8.53. The largest absolute Gasteiger partial charge is 0.318 e. The lowest BCUT2D eigenvalue weighted by Crippen LogP contribution is -2.13. The number of benzene rings is 1. The lowest BCUT2D eigenvalue weighted by molar-refractivity contribution is 0.102. The van der Waals surface area contributed by atoms with Crippen molar-refractivity contribution in [2.24, 2.45) is 0 Å². The van der Waals surface area contributed by atoms with Crippen molar-refractivity contribution in [1.82, 2.24) is 4.37 Å².